The molecule has 1 saturated carbocycles. The first-order valence-corrected chi connectivity index (χ1v) is 5.30. The molecule has 0 heterocycles. The zero-order valence-electron chi connectivity index (χ0n) is 8.78. The van der Waals surface area contributed by atoms with Gasteiger partial charge >= 0.3 is 6.03 Å². The number of nitrogens with zero attached hydrogens (tertiary/aromatic N) is 1. The molecule has 0 saturated heterocycles. The minimum Gasteiger partial charge on any atom is -0.391 e. The molecule has 3 N–H and O–H groups in total. The van der Waals surface area contributed by atoms with Crippen LogP contribution in [0.5, 0.6) is 0 Å². The molecule has 0 aromatic heterocycles. The molecule has 0 radical (unpaired) electrons. The molecule has 14 heavy (non-hydrogen) atoms. The highest BCUT2D eigenvalue weighted by molar-refractivity contribution is 5.71. The van der Waals surface area contributed by atoms with Crippen LogP contribution >= 0.6 is 0 Å². The molecule has 0 aromatic carbocycles. The Kier molecular flexibility index (Phi) is 4.20. The number of carbonyl (C=O) groups excluding carboxylic acids is 1. The van der Waals surface area contributed by atoms with Crippen LogP contribution in [0.15, 0.2) is 0 Å². The predicted molar refractivity (Wildman–Crippen MR) is 54.8 cm³/mol. The lowest BCUT2D eigenvalue weighted by Gasteiger charge is -2.29. The molecule has 1 rings (SSSR count). The number of primary amides is 1. The van der Waals surface area contributed by atoms with Gasteiger partial charge in [0.1, 0.15) is 0 Å². The van der Waals surface area contributed by atoms with E-state index in [1.807, 2.05) is 0 Å². The van der Waals surface area contributed by atoms with Crippen molar-refractivity contribution in [2.75, 3.05) is 13.6 Å². The summed E-state index contributed by atoms with van der Waals surface area (Å²) in [7, 11) is 1.62. The highest BCUT2D eigenvalue weighted by Crippen LogP contribution is 2.26. The van der Waals surface area contributed by atoms with E-state index in [2.05, 4.69) is 0 Å². The van der Waals surface area contributed by atoms with Gasteiger partial charge in [-0.05, 0) is 18.8 Å². The fourth-order valence-corrected chi connectivity index (χ4v) is 2.04. The maximum Gasteiger partial charge on any atom is 0.314 e. The van der Waals surface area contributed by atoms with E-state index in [1.165, 1.54) is 24.2 Å². The zero-order chi connectivity index (χ0) is 10.6. The van der Waals surface area contributed by atoms with Crippen molar-refractivity contribution < 1.29 is 9.90 Å². The Bertz CT molecular complexity index is 191. The van der Waals surface area contributed by atoms with E-state index < -0.39 is 12.1 Å². The quantitative estimate of drug-likeness (QED) is 0.712. The van der Waals surface area contributed by atoms with Gasteiger partial charge in [0.25, 0.3) is 0 Å². The molecule has 0 aromatic rings. The van der Waals surface area contributed by atoms with Crippen molar-refractivity contribution in [3.63, 3.8) is 0 Å². The molecule has 1 aliphatic rings. The van der Waals surface area contributed by atoms with E-state index in [1.54, 1.807) is 7.05 Å². The van der Waals surface area contributed by atoms with E-state index in [0.717, 1.165) is 12.8 Å². The number of hydrogen-bond donors (Lipinski definition) is 2. The Morgan fingerprint density at radius 1 is 1.50 bits per heavy atom. The normalized spacial score (nSPS) is 20.4. The minimum absolute atomic E-state index is 0.352. The van der Waals surface area contributed by atoms with Crippen molar-refractivity contribution in [2.24, 2.45) is 11.7 Å². The number of amides is 2. The van der Waals surface area contributed by atoms with E-state index in [9.17, 15) is 9.90 Å². The number of carbonyl (C=O) groups is 1. The standard InChI is InChI=1S/C10H20N2O2/c1-12(10(11)14)7-9(13)8-5-3-2-4-6-8/h8-9,13H,2-7H2,1H3,(H2,11,14). The number of nitrogens with two attached hydrogens (primary N) is 1. The fraction of sp³-hybridized carbons (Fsp3) is 0.900. The number of urea groups is 1. The van der Waals surface area contributed by atoms with Crippen molar-refractivity contribution in [3.8, 4) is 0 Å². The van der Waals surface area contributed by atoms with Gasteiger partial charge in [-0.15, -0.1) is 0 Å². The highest BCUT2D eigenvalue weighted by atomic mass is 16.3. The summed E-state index contributed by atoms with van der Waals surface area (Å²) in [6.45, 7) is 0.361. The third kappa shape index (κ3) is 3.18. The molecule has 4 heteroatoms. The molecule has 1 fully saturated rings. The molecule has 0 spiro atoms. The van der Waals surface area contributed by atoms with Gasteiger partial charge in [-0.1, -0.05) is 19.3 Å². The topological polar surface area (TPSA) is 66.6 Å². The number of hydrogen-bond acceptors (Lipinski definition) is 2. The van der Waals surface area contributed by atoms with Crippen molar-refractivity contribution in [3.05, 3.63) is 0 Å². The predicted octanol–water partition coefficient (Wildman–Crippen LogP) is 0.938. The SMILES string of the molecule is CN(CC(O)C1CCCCC1)C(N)=O. The summed E-state index contributed by atoms with van der Waals surface area (Å²) in [4.78, 5) is 12.1. The van der Waals surface area contributed by atoms with Gasteiger partial charge in [0, 0.05) is 13.6 Å². The van der Waals surface area contributed by atoms with Crippen LogP contribution < -0.4 is 5.73 Å². The zero-order valence-corrected chi connectivity index (χ0v) is 8.78. The first-order valence-electron chi connectivity index (χ1n) is 5.30. The van der Waals surface area contributed by atoms with Crippen LogP contribution in [0.25, 0.3) is 0 Å². The van der Waals surface area contributed by atoms with E-state index in [4.69, 9.17) is 5.73 Å². The fourth-order valence-electron chi connectivity index (χ4n) is 2.04. The molecule has 4 nitrogen and oxygen atoms in total. The number of aliphatic hydroxyl groups is 1. The number of aliphatic hydroxyl groups excluding tert-OH is 1. The minimum atomic E-state index is -0.472. The van der Waals surface area contributed by atoms with Crippen molar-refractivity contribution >= 4 is 6.03 Å². The van der Waals surface area contributed by atoms with Crippen molar-refractivity contribution in [2.45, 2.75) is 38.2 Å². The average molecular weight is 200 g/mol. The van der Waals surface area contributed by atoms with Gasteiger partial charge in [0.2, 0.25) is 0 Å². The third-order valence-electron chi connectivity index (χ3n) is 3.03. The monoisotopic (exact) mass is 200 g/mol. The maximum atomic E-state index is 10.8. The Labute approximate surface area is 85.1 Å². The highest BCUT2D eigenvalue weighted by Gasteiger charge is 2.23. The lowest BCUT2D eigenvalue weighted by molar-refractivity contribution is 0.0632. The summed E-state index contributed by atoms with van der Waals surface area (Å²) in [5.41, 5.74) is 5.09. The second kappa shape index (κ2) is 5.20. The van der Waals surface area contributed by atoms with Crippen molar-refractivity contribution in [1.29, 1.82) is 0 Å². The van der Waals surface area contributed by atoms with Crippen molar-refractivity contribution in [1.82, 2.24) is 4.90 Å². The molecular formula is C10H20N2O2. The second-order valence-corrected chi connectivity index (χ2v) is 4.18. The Morgan fingerprint density at radius 3 is 2.57 bits per heavy atom. The lowest BCUT2D eigenvalue weighted by Crippen LogP contribution is -2.40. The Balaban J connectivity index is 2.32. The maximum absolute atomic E-state index is 10.8. The van der Waals surface area contributed by atoms with Crippen LogP contribution in [0.1, 0.15) is 32.1 Å². The number of rotatable bonds is 3. The summed E-state index contributed by atoms with van der Waals surface area (Å²) in [6, 6.07) is -0.472. The molecule has 0 aliphatic heterocycles. The summed E-state index contributed by atoms with van der Waals surface area (Å²) in [6.07, 6.45) is 5.41. The van der Waals surface area contributed by atoms with Gasteiger partial charge in [-0.25, -0.2) is 4.79 Å². The van der Waals surface area contributed by atoms with Gasteiger partial charge in [-0.3, -0.25) is 0 Å². The van der Waals surface area contributed by atoms with Gasteiger partial charge < -0.3 is 15.7 Å². The second-order valence-electron chi connectivity index (χ2n) is 4.18. The smallest absolute Gasteiger partial charge is 0.314 e. The Morgan fingerprint density at radius 2 is 2.07 bits per heavy atom. The number of likely N-dealkylation sites (N-methyl/N-ethyl adjacent to an activating group) is 1. The van der Waals surface area contributed by atoms with E-state index in [0.29, 0.717) is 12.5 Å². The first-order chi connectivity index (χ1) is 6.61. The first kappa shape index (κ1) is 11.3. The lowest BCUT2D eigenvalue weighted by atomic mass is 9.85. The summed E-state index contributed by atoms with van der Waals surface area (Å²) < 4.78 is 0. The molecular weight excluding hydrogens is 180 g/mol. The van der Waals surface area contributed by atoms with E-state index >= 15 is 0 Å². The molecule has 1 aliphatic carbocycles. The summed E-state index contributed by atoms with van der Waals surface area (Å²) in [5.74, 6) is 0.352. The van der Waals surface area contributed by atoms with Crippen LogP contribution in [-0.4, -0.2) is 35.7 Å². The van der Waals surface area contributed by atoms with Crippen LogP contribution in [0.2, 0.25) is 0 Å². The van der Waals surface area contributed by atoms with Crippen LogP contribution in [0, 0.1) is 5.92 Å². The molecule has 1 atom stereocenters. The van der Waals surface area contributed by atoms with Gasteiger partial charge in [0.15, 0.2) is 0 Å². The Hall–Kier alpha value is -0.770. The summed E-state index contributed by atoms with van der Waals surface area (Å²) >= 11 is 0. The third-order valence-corrected chi connectivity index (χ3v) is 3.03. The van der Waals surface area contributed by atoms with E-state index in [-0.39, 0.29) is 0 Å². The summed E-state index contributed by atoms with van der Waals surface area (Å²) in [5, 5.41) is 9.84. The van der Waals surface area contributed by atoms with Crippen LogP contribution in [0.4, 0.5) is 4.79 Å². The van der Waals surface area contributed by atoms with Crippen LogP contribution in [0.3, 0.4) is 0 Å². The van der Waals surface area contributed by atoms with Crippen LogP contribution in [-0.2, 0) is 0 Å². The molecule has 0 bridgehead atoms. The van der Waals surface area contributed by atoms with Gasteiger partial charge in [0.05, 0.1) is 6.10 Å². The average Bonchev–Trinajstić information content (AvgIpc) is 2.19. The molecule has 1 unspecified atom stereocenters. The molecule has 82 valence electrons. The largest absolute Gasteiger partial charge is 0.391 e. The molecule has 2 amide bonds. The van der Waals surface area contributed by atoms with Gasteiger partial charge in [-0.2, -0.15) is 0 Å².